The van der Waals surface area contributed by atoms with Crippen LogP contribution < -0.4 is 5.73 Å². The van der Waals surface area contributed by atoms with Crippen molar-refractivity contribution in [2.75, 3.05) is 6.54 Å². The van der Waals surface area contributed by atoms with Gasteiger partial charge in [0.25, 0.3) is 0 Å². The number of benzene rings is 1. The molecule has 0 aliphatic rings. The topological polar surface area (TPSA) is 43.1 Å². The van der Waals surface area contributed by atoms with Gasteiger partial charge in [0.15, 0.2) is 5.78 Å². The van der Waals surface area contributed by atoms with Crippen LogP contribution in [0.15, 0.2) is 29.6 Å². The fraction of sp³-hybridized carbons (Fsp3) is 0.438. The van der Waals surface area contributed by atoms with Crippen molar-refractivity contribution in [3.63, 3.8) is 0 Å². The van der Waals surface area contributed by atoms with Crippen LogP contribution in [0, 0.1) is 5.92 Å². The van der Waals surface area contributed by atoms with Crippen LogP contribution in [0.1, 0.15) is 43.0 Å². The highest BCUT2D eigenvalue weighted by molar-refractivity contribution is 7.17. The van der Waals surface area contributed by atoms with E-state index >= 15 is 0 Å². The molecule has 1 aromatic carbocycles. The van der Waals surface area contributed by atoms with E-state index in [0.717, 1.165) is 29.5 Å². The Balaban J connectivity index is 2.05. The molecular formula is C16H21NOS. The zero-order chi connectivity index (χ0) is 13.7. The van der Waals surface area contributed by atoms with E-state index in [1.54, 1.807) is 11.3 Å². The molecule has 0 saturated carbocycles. The number of hydrogen-bond acceptors (Lipinski definition) is 3. The van der Waals surface area contributed by atoms with Gasteiger partial charge in [-0.25, -0.2) is 0 Å². The Labute approximate surface area is 118 Å². The monoisotopic (exact) mass is 275 g/mol. The predicted octanol–water partition coefficient (Wildman–Crippen LogP) is 4.24. The fourth-order valence-corrected chi connectivity index (χ4v) is 3.40. The minimum absolute atomic E-state index is 0.267. The van der Waals surface area contributed by atoms with Gasteiger partial charge in [-0.3, -0.25) is 4.79 Å². The van der Waals surface area contributed by atoms with Gasteiger partial charge >= 0.3 is 0 Å². The molecule has 1 atom stereocenters. The molecule has 0 fully saturated rings. The smallest absolute Gasteiger partial charge is 0.164 e. The highest BCUT2D eigenvalue weighted by atomic mass is 32.1. The quantitative estimate of drug-likeness (QED) is 0.768. The molecule has 0 amide bonds. The van der Waals surface area contributed by atoms with Crippen LogP contribution in [0.25, 0.3) is 10.1 Å². The summed E-state index contributed by atoms with van der Waals surface area (Å²) >= 11 is 1.65. The average molecular weight is 275 g/mol. The van der Waals surface area contributed by atoms with Gasteiger partial charge < -0.3 is 5.73 Å². The zero-order valence-corrected chi connectivity index (χ0v) is 12.2. The fourth-order valence-electron chi connectivity index (χ4n) is 2.47. The van der Waals surface area contributed by atoms with Gasteiger partial charge in [0.2, 0.25) is 0 Å². The Morgan fingerprint density at radius 1 is 1.32 bits per heavy atom. The molecule has 1 unspecified atom stereocenters. The second-order valence-corrected chi connectivity index (χ2v) is 5.87. The second-order valence-electron chi connectivity index (χ2n) is 4.96. The van der Waals surface area contributed by atoms with Crippen LogP contribution in [-0.4, -0.2) is 12.3 Å². The minimum atomic E-state index is 0.267. The normalized spacial score (nSPS) is 12.7. The average Bonchev–Trinajstić information content (AvgIpc) is 2.91. The van der Waals surface area contributed by atoms with Gasteiger partial charge in [0.05, 0.1) is 0 Å². The standard InChI is InChI=1S/C16H21NOS/c1-2-12(8-10-17)6-7-15(18)14-5-3-4-13-9-11-19-16(13)14/h3-5,9,11-12H,2,6-8,10,17H2,1H3. The first-order chi connectivity index (χ1) is 9.26. The van der Waals surface area contributed by atoms with Crippen molar-refractivity contribution in [2.45, 2.75) is 32.6 Å². The molecule has 0 saturated heterocycles. The number of carbonyl (C=O) groups excluding carboxylic acids is 1. The van der Waals surface area contributed by atoms with E-state index in [4.69, 9.17) is 5.73 Å². The number of ketones is 1. The number of carbonyl (C=O) groups is 1. The summed E-state index contributed by atoms with van der Waals surface area (Å²) < 4.78 is 1.12. The third kappa shape index (κ3) is 3.43. The van der Waals surface area contributed by atoms with Crippen molar-refractivity contribution in [3.05, 3.63) is 35.2 Å². The van der Waals surface area contributed by atoms with E-state index in [9.17, 15) is 4.79 Å². The Kier molecular flexibility index (Phi) is 5.11. The summed E-state index contributed by atoms with van der Waals surface area (Å²) in [6.07, 6.45) is 3.71. The van der Waals surface area contributed by atoms with Crippen molar-refractivity contribution in [1.82, 2.24) is 0 Å². The van der Waals surface area contributed by atoms with E-state index < -0.39 is 0 Å². The number of Topliss-reactive ketones (excluding diaryl/α,β-unsaturated/α-hetero) is 1. The van der Waals surface area contributed by atoms with Gasteiger partial charge in [0, 0.05) is 16.7 Å². The number of rotatable bonds is 7. The Morgan fingerprint density at radius 3 is 2.89 bits per heavy atom. The molecule has 2 aromatic rings. The van der Waals surface area contributed by atoms with Crippen LogP contribution >= 0.6 is 11.3 Å². The summed E-state index contributed by atoms with van der Waals surface area (Å²) in [6, 6.07) is 8.05. The summed E-state index contributed by atoms with van der Waals surface area (Å²) in [5, 5.41) is 3.22. The van der Waals surface area contributed by atoms with Gasteiger partial charge in [-0.1, -0.05) is 25.5 Å². The maximum Gasteiger partial charge on any atom is 0.164 e. The first-order valence-corrected chi connectivity index (χ1v) is 7.83. The molecule has 0 aliphatic heterocycles. The molecular weight excluding hydrogens is 254 g/mol. The van der Waals surface area contributed by atoms with Gasteiger partial charge in [-0.05, 0) is 48.2 Å². The molecule has 2 N–H and O–H groups in total. The number of thiophene rings is 1. The predicted molar refractivity (Wildman–Crippen MR) is 82.8 cm³/mol. The lowest BCUT2D eigenvalue weighted by Gasteiger charge is -2.12. The molecule has 19 heavy (non-hydrogen) atoms. The van der Waals surface area contributed by atoms with E-state index in [1.165, 1.54) is 5.39 Å². The van der Waals surface area contributed by atoms with E-state index in [2.05, 4.69) is 19.1 Å². The summed E-state index contributed by atoms with van der Waals surface area (Å²) in [6.45, 7) is 2.89. The van der Waals surface area contributed by atoms with Crippen molar-refractivity contribution in [1.29, 1.82) is 0 Å². The third-order valence-electron chi connectivity index (χ3n) is 3.71. The first-order valence-electron chi connectivity index (χ1n) is 6.95. The van der Waals surface area contributed by atoms with E-state index in [-0.39, 0.29) is 5.78 Å². The zero-order valence-electron chi connectivity index (χ0n) is 11.4. The SMILES string of the molecule is CCC(CCN)CCC(=O)c1cccc2ccsc12. The molecule has 1 heterocycles. The van der Waals surface area contributed by atoms with Gasteiger partial charge in [-0.2, -0.15) is 0 Å². The maximum absolute atomic E-state index is 12.4. The van der Waals surface area contributed by atoms with E-state index in [1.807, 2.05) is 17.5 Å². The van der Waals surface area contributed by atoms with Crippen LogP contribution in [0.4, 0.5) is 0 Å². The van der Waals surface area contributed by atoms with Crippen LogP contribution in [0.3, 0.4) is 0 Å². The largest absolute Gasteiger partial charge is 0.330 e. The molecule has 102 valence electrons. The molecule has 0 radical (unpaired) electrons. The highest BCUT2D eigenvalue weighted by Gasteiger charge is 2.13. The number of nitrogens with two attached hydrogens (primary N) is 1. The van der Waals surface area contributed by atoms with Crippen molar-refractivity contribution < 1.29 is 4.79 Å². The van der Waals surface area contributed by atoms with Crippen LogP contribution in [-0.2, 0) is 0 Å². The number of fused-ring (bicyclic) bond motifs is 1. The molecule has 3 heteroatoms. The maximum atomic E-state index is 12.4. The molecule has 0 spiro atoms. The summed E-state index contributed by atoms with van der Waals surface area (Å²) in [4.78, 5) is 12.4. The van der Waals surface area contributed by atoms with E-state index in [0.29, 0.717) is 18.9 Å². The molecule has 0 bridgehead atoms. The van der Waals surface area contributed by atoms with Crippen molar-refractivity contribution in [2.24, 2.45) is 11.7 Å². The van der Waals surface area contributed by atoms with Crippen LogP contribution in [0.2, 0.25) is 0 Å². The summed E-state index contributed by atoms with van der Waals surface area (Å²) in [5.41, 5.74) is 6.48. The lowest BCUT2D eigenvalue weighted by atomic mass is 9.94. The minimum Gasteiger partial charge on any atom is -0.330 e. The molecule has 0 aliphatic carbocycles. The van der Waals surface area contributed by atoms with Crippen LogP contribution in [0.5, 0.6) is 0 Å². The molecule has 2 rings (SSSR count). The highest BCUT2D eigenvalue weighted by Crippen LogP contribution is 2.26. The third-order valence-corrected chi connectivity index (χ3v) is 4.67. The Morgan fingerprint density at radius 2 is 2.16 bits per heavy atom. The lowest BCUT2D eigenvalue weighted by molar-refractivity contribution is 0.0974. The van der Waals surface area contributed by atoms with Gasteiger partial charge in [0.1, 0.15) is 0 Å². The van der Waals surface area contributed by atoms with Gasteiger partial charge in [-0.15, -0.1) is 11.3 Å². The first kappa shape index (κ1) is 14.2. The molecule has 1 aromatic heterocycles. The second kappa shape index (κ2) is 6.83. The molecule has 2 nitrogen and oxygen atoms in total. The lowest BCUT2D eigenvalue weighted by Crippen LogP contribution is -2.10. The summed E-state index contributed by atoms with van der Waals surface area (Å²) in [5.74, 6) is 0.847. The van der Waals surface area contributed by atoms with Crippen molar-refractivity contribution in [3.8, 4) is 0 Å². The number of hydrogen-bond donors (Lipinski definition) is 1. The Bertz CT molecular complexity index is 546. The Hall–Kier alpha value is -1.19. The summed E-state index contributed by atoms with van der Waals surface area (Å²) in [7, 11) is 0. The van der Waals surface area contributed by atoms with Crippen molar-refractivity contribution >= 4 is 27.2 Å².